The molecule has 0 aliphatic heterocycles. The lowest BCUT2D eigenvalue weighted by molar-refractivity contribution is -0.132. The molecule has 1 aromatic heterocycles. The van der Waals surface area contributed by atoms with Crippen LogP contribution in [0.1, 0.15) is 27.7 Å². The molecular formula is C20H30N4O2. The number of nitrogens with zero attached hydrogens (tertiary/aromatic N) is 4. The predicted octanol–water partition coefficient (Wildman–Crippen LogP) is 2.22. The molecule has 1 aromatic carbocycles. The van der Waals surface area contributed by atoms with E-state index in [1.165, 1.54) is 6.20 Å². The minimum atomic E-state index is -0.120. The van der Waals surface area contributed by atoms with Gasteiger partial charge in [-0.05, 0) is 31.1 Å². The van der Waals surface area contributed by atoms with Gasteiger partial charge in [-0.15, -0.1) is 0 Å². The van der Waals surface area contributed by atoms with Crippen LogP contribution in [-0.4, -0.2) is 58.2 Å². The Labute approximate surface area is 155 Å². The summed E-state index contributed by atoms with van der Waals surface area (Å²) in [6.07, 6.45) is 1.29. The van der Waals surface area contributed by atoms with Crippen molar-refractivity contribution in [1.29, 1.82) is 0 Å². The van der Waals surface area contributed by atoms with Gasteiger partial charge in [-0.2, -0.15) is 5.10 Å². The largest absolute Gasteiger partial charge is 0.340 e. The van der Waals surface area contributed by atoms with Crippen molar-refractivity contribution in [2.75, 3.05) is 32.7 Å². The van der Waals surface area contributed by atoms with Crippen LogP contribution >= 0.6 is 0 Å². The number of rotatable bonds is 9. The molecule has 0 N–H and O–H groups in total. The van der Waals surface area contributed by atoms with Crippen molar-refractivity contribution in [1.82, 2.24) is 19.6 Å². The molecule has 2 aromatic rings. The van der Waals surface area contributed by atoms with Crippen LogP contribution < -0.4 is 5.43 Å². The maximum absolute atomic E-state index is 12.9. The first-order valence-corrected chi connectivity index (χ1v) is 9.41. The van der Waals surface area contributed by atoms with Gasteiger partial charge in [0.05, 0.1) is 11.7 Å². The second kappa shape index (κ2) is 9.48. The van der Waals surface area contributed by atoms with Gasteiger partial charge in [0.25, 0.3) is 0 Å². The summed E-state index contributed by atoms with van der Waals surface area (Å²) >= 11 is 0. The van der Waals surface area contributed by atoms with Crippen LogP contribution in [-0.2, 0) is 11.3 Å². The van der Waals surface area contributed by atoms with Gasteiger partial charge in [-0.1, -0.05) is 39.8 Å². The number of carbonyl (C=O) groups is 1. The molecule has 0 atom stereocenters. The molecule has 0 unspecified atom stereocenters. The van der Waals surface area contributed by atoms with E-state index in [2.05, 4.69) is 37.7 Å². The number of fused-ring (bicyclic) bond motifs is 1. The molecule has 1 amide bonds. The number of hydrogen-bond donors (Lipinski definition) is 0. The molecule has 0 fully saturated rings. The molecule has 0 spiro atoms. The summed E-state index contributed by atoms with van der Waals surface area (Å²) in [7, 11) is 0. The molecule has 26 heavy (non-hydrogen) atoms. The highest BCUT2D eigenvalue weighted by Crippen LogP contribution is 2.09. The van der Waals surface area contributed by atoms with Crippen molar-refractivity contribution in [2.45, 2.75) is 34.2 Å². The smallest absolute Gasteiger partial charge is 0.244 e. The molecule has 6 nitrogen and oxygen atoms in total. The van der Waals surface area contributed by atoms with E-state index in [9.17, 15) is 9.59 Å². The van der Waals surface area contributed by atoms with Crippen molar-refractivity contribution in [3.8, 4) is 0 Å². The van der Waals surface area contributed by atoms with Crippen molar-refractivity contribution in [3.05, 3.63) is 40.7 Å². The number of carbonyl (C=O) groups excluding carboxylic acids is 1. The maximum atomic E-state index is 12.9. The van der Waals surface area contributed by atoms with Crippen molar-refractivity contribution in [2.24, 2.45) is 5.92 Å². The highest BCUT2D eigenvalue weighted by molar-refractivity contribution is 5.81. The van der Waals surface area contributed by atoms with Gasteiger partial charge in [-0.25, -0.2) is 0 Å². The quantitative estimate of drug-likeness (QED) is 0.690. The van der Waals surface area contributed by atoms with Crippen LogP contribution in [0, 0.1) is 5.92 Å². The van der Waals surface area contributed by atoms with Gasteiger partial charge in [0, 0.05) is 25.0 Å². The van der Waals surface area contributed by atoms with E-state index in [0.717, 1.165) is 26.2 Å². The van der Waals surface area contributed by atoms with Gasteiger partial charge in [-0.3, -0.25) is 14.3 Å². The third-order valence-electron chi connectivity index (χ3n) is 4.57. The van der Waals surface area contributed by atoms with Crippen LogP contribution in [0.4, 0.5) is 0 Å². The van der Waals surface area contributed by atoms with E-state index in [4.69, 9.17) is 0 Å². The Balaban J connectivity index is 2.18. The van der Waals surface area contributed by atoms with Crippen molar-refractivity contribution >= 4 is 16.8 Å². The van der Waals surface area contributed by atoms with Crippen LogP contribution in [0.25, 0.3) is 10.9 Å². The topological polar surface area (TPSA) is 58.4 Å². The van der Waals surface area contributed by atoms with E-state index in [-0.39, 0.29) is 17.9 Å². The summed E-state index contributed by atoms with van der Waals surface area (Å²) < 4.78 is 1.63. The molecule has 0 saturated carbocycles. The maximum Gasteiger partial charge on any atom is 0.244 e. The van der Waals surface area contributed by atoms with Crippen LogP contribution in [0.5, 0.6) is 0 Å². The number of aromatic nitrogens is 2. The SMILES string of the molecule is CCN(CC)CCN(CC(C)C)C(=O)Cn1ncc(=O)c2ccccc21. The zero-order valence-corrected chi connectivity index (χ0v) is 16.3. The Hall–Kier alpha value is -2.21. The summed E-state index contributed by atoms with van der Waals surface area (Å²) in [5, 5.41) is 4.77. The highest BCUT2D eigenvalue weighted by atomic mass is 16.2. The lowest BCUT2D eigenvalue weighted by Crippen LogP contribution is -2.42. The fourth-order valence-corrected chi connectivity index (χ4v) is 3.08. The van der Waals surface area contributed by atoms with Gasteiger partial charge in [0.2, 0.25) is 11.3 Å². The van der Waals surface area contributed by atoms with E-state index >= 15 is 0 Å². The fraction of sp³-hybridized carbons (Fsp3) is 0.550. The van der Waals surface area contributed by atoms with Crippen LogP contribution in [0.3, 0.4) is 0 Å². The van der Waals surface area contributed by atoms with Crippen LogP contribution in [0.15, 0.2) is 35.3 Å². The second-order valence-electron chi connectivity index (χ2n) is 6.94. The van der Waals surface area contributed by atoms with Gasteiger partial charge in [0.1, 0.15) is 6.54 Å². The van der Waals surface area contributed by atoms with E-state index in [1.54, 1.807) is 10.7 Å². The first-order chi connectivity index (χ1) is 12.5. The molecule has 142 valence electrons. The average molecular weight is 358 g/mol. The Kier molecular flexibility index (Phi) is 7.33. The number of hydrogen-bond acceptors (Lipinski definition) is 4. The first-order valence-electron chi connectivity index (χ1n) is 9.41. The lowest BCUT2D eigenvalue weighted by Gasteiger charge is -2.28. The summed E-state index contributed by atoms with van der Waals surface area (Å²) in [6.45, 7) is 12.9. The summed E-state index contributed by atoms with van der Waals surface area (Å²) in [6, 6.07) is 7.29. The Bertz CT molecular complexity index is 781. The normalized spacial score (nSPS) is 11.5. The third kappa shape index (κ3) is 5.14. The Morgan fingerprint density at radius 2 is 1.85 bits per heavy atom. The van der Waals surface area contributed by atoms with E-state index in [1.807, 2.05) is 23.1 Å². The van der Waals surface area contributed by atoms with E-state index < -0.39 is 0 Å². The standard InChI is InChI=1S/C20H30N4O2/c1-5-22(6-2)11-12-23(14-16(3)4)20(26)15-24-18-10-8-7-9-17(18)19(25)13-21-24/h7-10,13,16H,5-6,11-12,14-15H2,1-4H3. The van der Waals surface area contributed by atoms with Crippen LogP contribution in [0.2, 0.25) is 0 Å². The highest BCUT2D eigenvalue weighted by Gasteiger charge is 2.17. The molecule has 6 heteroatoms. The van der Waals surface area contributed by atoms with Gasteiger partial charge < -0.3 is 9.80 Å². The number of benzene rings is 1. The summed E-state index contributed by atoms with van der Waals surface area (Å²) in [5.41, 5.74) is 0.575. The zero-order chi connectivity index (χ0) is 19.1. The predicted molar refractivity (Wildman–Crippen MR) is 105 cm³/mol. The molecule has 1 heterocycles. The zero-order valence-electron chi connectivity index (χ0n) is 16.3. The summed E-state index contributed by atoms with van der Waals surface area (Å²) in [4.78, 5) is 29.1. The second-order valence-corrected chi connectivity index (χ2v) is 6.94. The van der Waals surface area contributed by atoms with Gasteiger partial charge in [0.15, 0.2) is 0 Å². The molecule has 0 saturated heterocycles. The molecule has 2 rings (SSSR count). The molecular weight excluding hydrogens is 328 g/mol. The van der Waals surface area contributed by atoms with Crippen molar-refractivity contribution in [3.63, 3.8) is 0 Å². The third-order valence-corrected chi connectivity index (χ3v) is 4.57. The average Bonchev–Trinajstić information content (AvgIpc) is 2.63. The van der Waals surface area contributed by atoms with E-state index in [0.29, 0.717) is 23.4 Å². The Morgan fingerprint density at radius 1 is 1.15 bits per heavy atom. The lowest BCUT2D eigenvalue weighted by atomic mass is 10.2. The Morgan fingerprint density at radius 3 is 2.50 bits per heavy atom. The monoisotopic (exact) mass is 358 g/mol. The fourth-order valence-electron chi connectivity index (χ4n) is 3.08. The van der Waals surface area contributed by atoms with Gasteiger partial charge >= 0.3 is 0 Å². The first kappa shape index (κ1) is 20.1. The molecule has 0 bridgehead atoms. The minimum Gasteiger partial charge on any atom is -0.340 e. The minimum absolute atomic E-state index is 0.0344. The number of amides is 1. The van der Waals surface area contributed by atoms with Crippen molar-refractivity contribution < 1.29 is 4.79 Å². The molecule has 0 aliphatic carbocycles. The molecule has 0 aliphatic rings. The number of likely N-dealkylation sites (N-methyl/N-ethyl adjacent to an activating group) is 1. The summed E-state index contributed by atoms with van der Waals surface area (Å²) in [5.74, 6) is 0.432. The molecule has 0 radical (unpaired) electrons. The number of para-hydroxylation sites is 1.